The van der Waals surface area contributed by atoms with Gasteiger partial charge in [0, 0.05) is 10.6 Å². The van der Waals surface area contributed by atoms with Crippen LogP contribution in [0.5, 0.6) is 0 Å². The van der Waals surface area contributed by atoms with E-state index >= 15 is 0 Å². The number of anilines is 1. The second kappa shape index (κ2) is 3.46. The number of nitrogen functional groups attached to an aromatic ring is 1. The first-order chi connectivity index (χ1) is 5.77. The summed E-state index contributed by atoms with van der Waals surface area (Å²) in [6, 6.07) is 5.15. The van der Waals surface area contributed by atoms with Gasteiger partial charge in [-0.3, -0.25) is 0 Å². The maximum atomic E-state index is 8.15. The molecule has 0 aliphatic carbocycles. The zero-order valence-corrected chi connectivity index (χ0v) is 6.44. The van der Waals surface area contributed by atoms with Gasteiger partial charge in [0.15, 0.2) is 0 Å². The van der Waals surface area contributed by atoms with E-state index in [4.69, 9.17) is 11.3 Å². The van der Waals surface area contributed by atoms with Crippen LogP contribution in [-0.2, 0) is 0 Å². The second-order valence-corrected chi connectivity index (χ2v) is 2.21. The molecule has 0 radical (unpaired) electrons. The highest BCUT2D eigenvalue weighted by atomic mass is 15.1. The molecule has 60 valence electrons. The number of azide groups is 1. The summed E-state index contributed by atoms with van der Waals surface area (Å²) in [5.41, 5.74) is 15.5. The molecule has 1 aromatic rings. The number of rotatable bonds is 2. The fraction of sp³-hybridized carbons (Fsp3) is 0. The number of hydrogen-bond acceptors (Lipinski definition) is 2. The van der Waals surface area contributed by atoms with Crippen molar-refractivity contribution in [3.63, 3.8) is 0 Å². The van der Waals surface area contributed by atoms with Crippen molar-refractivity contribution in [3.05, 3.63) is 40.8 Å². The van der Waals surface area contributed by atoms with Crippen molar-refractivity contribution in [2.45, 2.75) is 0 Å². The highest BCUT2D eigenvalue weighted by Gasteiger charge is 1.95. The van der Waals surface area contributed by atoms with Gasteiger partial charge in [-0.15, -0.1) is 0 Å². The molecular formula is C8H8N4. The van der Waals surface area contributed by atoms with Crippen molar-refractivity contribution in [1.29, 1.82) is 0 Å². The number of nitrogens with two attached hydrogens (primary N) is 1. The summed E-state index contributed by atoms with van der Waals surface area (Å²) in [5.74, 6) is 0. The minimum atomic E-state index is 0.447. The Hall–Kier alpha value is -1.93. The standard InChI is InChI=1S/C8H8N4/c1-2-6-3-4-8(11-12-10)7(9)5-6/h2-5H,1,9H2. The molecule has 0 atom stereocenters. The van der Waals surface area contributed by atoms with Crippen LogP contribution < -0.4 is 5.73 Å². The van der Waals surface area contributed by atoms with E-state index in [0.29, 0.717) is 11.4 Å². The Kier molecular flexibility index (Phi) is 2.35. The summed E-state index contributed by atoms with van der Waals surface area (Å²) in [7, 11) is 0. The third-order valence-corrected chi connectivity index (χ3v) is 1.44. The van der Waals surface area contributed by atoms with Crippen LogP contribution in [0.1, 0.15) is 5.56 Å². The third-order valence-electron chi connectivity index (χ3n) is 1.44. The van der Waals surface area contributed by atoms with Crippen LogP contribution in [0, 0.1) is 0 Å². The molecule has 0 spiro atoms. The fourth-order valence-corrected chi connectivity index (χ4v) is 0.839. The van der Waals surface area contributed by atoms with Crippen molar-refractivity contribution in [1.82, 2.24) is 0 Å². The summed E-state index contributed by atoms with van der Waals surface area (Å²) in [5, 5.41) is 3.40. The Labute approximate surface area is 69.9 Å². The average Bonchev–Trinajstić information content (AvgIpc) is 2.09. The molecular weight excluding hydrogens is 152 g/mol. The lowest BCUT2D eigenvalue weighted by atomic mass is 10.2. The monoisotopic (exact) mass is 160 g/mol. The molecule has 0 saturated carbocycles. The SMILES string of the molecule is C=Cc1ccc(N=[N+]=[N-])c(N)c1. The Morgan fingerprint density at radius 3 is 2.83 bits per heavy atom. The van der Waals surface area contributed by atoms with Gasteiger partial charge in [0.1, 0.15) is 0 Å². The summed E-state index contributed by atoms with van der Waals surface area (Å²) in [4.78, 5) is 2.64. The van der Waals surface area contributed by atoms with E-state index in [-0.39, 0.29) is 0 Å². The molecule has 0 fully saturated rings. The molecule has 4 heteroatoms. The lowest BCUT2D eigenvalue weighted by molar-refractivity contribution is 1.47. The molecule has 4 nitrogen and oxygen atoms in total. The zero-order valence-electron chi connectivity index (χ0n) is 6.44. The zero-order chi connectivity index (χ0) is 8.97. The molecule has 0 aliphatic heterocycles. The van der Waals surface area contributed by atoms with Crippen LogP contribution >= 0.6 is 0 Å². The smallest absolute Gasteiger partial charge is 0.0605 e. The van der Waals surface area contributed by atoms with Gasteiger partial charge in [-0.05, 0) is 17.2 Å². The first-order valence-electron chi connectivity index (χ1n) is 3.35. The van der Waals surface area contributed by atoms with Crippen molar-refractivity contribution in [3.8, 4) is 0 Å². The lowest BCUT2D eigenvalue weighted by Gasteiger charge is -1.99. The minimum absolute atomic E-state index is 0.447. The van der Waals surface area contributed by atoms with E-state index < -0.39 is 0 Å². The summed E-state index contributed by atoms with van der Waals surface area (Å²) < 4.78 is 0. The van der Waals surface area contributed by atoms with Crippen molar-refractivity contribution < 1.29 is 0 Å². The average molecular weight is 160 g/mol. The molecule has 0 saturated heterocycles. The van der Waals surface area contributed by atoms with Crippen LogP contribution in [0.4, 0.5) is 11.4 Å². The van der Waals surface area contributed by atoms with E-state index in [1.165, 1.54) is 0 Å². The fourth-order valence-electron chi connectivity index (χ4n) is 0.839. The van der Waals surface area contributed by atoms with E-state index in [0.717, 1.165) is 5.56 Å². The van der Waals surface area contributed by atoms with Gasteiger partial charge in [-0.1, -0.05) is 29.9 Å². The number of benzene rings is 1. The van der Waals surface area contributed by atoms with Crippen LogP contribution in [0.15, 0.2) is 29.9 Å². The first-order valence-corrected chi connectivity index (χ1v) is 3.35. The maximum Gasteiger partial charge on any atom is 0.0605 e. The molecule has 2 N–H and O–H groups in total. The normalized spacial score (nSPS) is 8.67. The van der Waals surface area contributed by atoms with E-state index in [9.17, 15) is 0 Å². The van der Waals surface area contributed by atoms with E-state index in [1.807, 2.05) is 0 Å². The quantitative estimate of drug-likeness (QED) is 0.307. The van der Waals surface area contributed by atoms with Gasteiger partial charge < -0.3 is 5.73 Å². The first kappa shape index (κ1) is 8.17. The van der Waals surface area contributed by atoms with Gasteiger partial charge in [-0.2, -0.15) is 0 Å². The highest BCUT2D eigenvalue weighted by Crippen LogP contribution is 2.23. The Morgan fingerprint density at radius 2 is 2.33 bits per heavy atom. The predicted molar refractivity (Wildman–Crippen MR) is 49.8 cm³/mol. The van der Waals surface area contributed by atoms with Crippen LogP contribution in [0.3, 0.4) is 0 Å². The second-order valence-electron chi connectivity index (χ2n) is 2.21. The van der Waals surface area contributed by atoms with Gasteiger partial charge in [0.25, 0.3) is 0 Å². The maximum absolute atomic E-state index is 8.15. The number of nitrogens with zero attached hydrogens (tertiary/aromatic N) is 3. The van der Waals surface area contributed by atoms with Crippen LogP contribution in [0.2, 0.25) is 0 Å². The Morgan fingerprint density at radius 1 is 1.58 bits per heavy atom. The molecule has 0 amide bonds. The molecule has 1 aromatic carbocycles. The summed E-state index contributed by atoms with van der Waals surface area (Å²) in [6.45, 7) is 3.59. The molecule has 0 heterocycles. The van der Waals surface area contributed by atoms with Gasteiger partial charge >= 0.3 is 0 Å². The predicted octanol–water partition coefficient (Wildman–Crippen LogP) is 2.85. The summed E-state index contributed by atoms with van der Waals surface area (Å²) >= 11 is 0. The van der Waals surface area contributed by atoms with E-state index in [2.05, 4.69) is 16.6 Å². The largest absolute Gasteiger partial charge is 0.398 e. The highest BCUT2D eigenvalue weighted by molar-refractivity contribution is 5.67. The van der Waals surface area contributed by atoms with Crippen LogP contribution in [-0.4, -0.2) is 0 Å². The van der Waals surface area contributed by atoms with Crippen molar-refractivity contribution in [2.24, 2.45) is 5.11 Å². The van der Waals surface area contributed by atoms with Gasteiger partial charge in [-0.25, -0.2) is 0 Å². The molecule has 1 rings (SSSR count). The molecule has 0 aromatic heterocycles. The van der Waals surface area contributed by atoms with Gasteiger partial charge in [0.05, 0.1) is 5.69 Å². The van der Waals surface area contributed by atoms with Crippen molar-refractivity contribution in [2.75, 3.05) is 5.73 Å². The lowest BCUT2D eigenvalue weighted by Crippen LogP contribution is -1.85. The Balaban J connectivity index is 3.19. The topological polar surface area (TPSA) is 74.8 Å². The van der Waals surface area contributed by atoms with Gasteiger partial charge in [0.2, 0.25) is 0 Å². The van der Waals surface area contributed by atoms with E-state index in [1.54, 1.807) is 24.3 Å². The Bertz CT molecular complexity index is 350. The molecule has 0 aliphatic rings. The molecule has 0 bridgehead atoms. The van der Waals surface area contributed by atoms with Crippen molar-refractivity contribution >= 4 is 17.5 Å². The minimum Gasteiger partial charge on any atom is -0.398 e. The third kappa shape index (κ3) is 1.56. The number of hydrogen-bond donors (Lipinski definition) is 1. The molecule has 0 unspecified atom stereocenters. The summed E-state index contributed by atoms with van der Waals surface area (Å²) in [6.07, 6.45) is 1.68. The molecule has 12 heavy (non-hydrogen) atoms. The van der Waals surface area contributed by atoms with Crippen LogP contribution in [0.25, 0.3) is 16.5 Å².